The first kappa shape index (κ1) is 15.3. The molecule has 0 aromatic rings. The average Bonchev–Trinajstić information content (AvgIpc) is 2.59. The molecule has 1 saturated carbocycles. The third-order valence-corrected chi connectivity index (χ3v) is 5.06. The first-order valence-electron chi connectivity index (χ1n) is 8.36. The second-order valence-electron chi connectivity index (χ2n) is 6.67. The van der Waals surface area contributed by atoms with Gasteiger partial charge in [-0.15, -0.1) is 0 Å². The predicted octanol–water partition coefficient (Wildman–Crippen LogP) is 2.18. The molecule has 2 fully saturated rings. The molecular formula is C16H33N3. The molecule has 112 valence electrons. The van der Waals surface area contributed by atoms with Gasteiger partial charge in [-0.05, 0) is 39.3 Å². The highest BCUT2D eigenvalue weighted by Crippen LogP contribution is 2.25. The summed E-state index contributed by atoms with van der Waals surface area (Å²) in [6, 6.07) is 1.49. The number of hydrogen-bond acceptors (Lipinski definition) is 3. The summed E-state index contributed by atoms with van der Waals surface area (Å²) in [7, 11) is 2.25. The molecule has 1 saturated heterocycles. The summed E-state index contributed by atoms with van der Waals surface area (Å²) in [5.74, 6) is 0.869. The van der Waals surface area contributed by atoms with Crippen LogP contribution < -0.4 is 5.32 Å². The SMILES string of the molecule is CCNC1CCCCCC1CN1CCN(C)CC1C. The molecule has 2 aliphatic rings. The standard InChI is InChI=1S/C16H33N3/c1-4-17-16-9-7-5-6-8-15(16)13-19-11-10-18(3)12-14(19)2/h14-17H,4-13H2,1-3H3. The summed E-state index contributed by atoms with van der Waals surface area (Å²) in [5, 5.41) is 3.75. The van der Waals surface area contributed by atoms with E-state index < -0.39 is 0 Å². The first-order chi connectivity index (χ1) is 9.20. The maximum absolute atomic E-state index is 3.75. The molecule has 0 aromatic heterocycles. The molecule has 1 heterocycles. The van der Waals surface area contributed by atoms with Crippen LogP contribution >= 0.6 is 0 Å². The summed E-state index contributed by atoms with van der Waals surface area (Å²) in [4.78, 5) is 5.20. The fourth-order valence-corrected chi connectivity index (χ4v) is 3.88. The second-order valence-corrected chi connectivity index (χ2v) is 6.67. The normalized spacial score (nSPS) is 35.2. The van der Waals surface area contributed by atoms with Gasteiger partial charge in [0.05, 0.1) is 0 Å². The van der Waals surface area contributed by atoms with E-state index in [0.717, 1.165) is 24.5 Å². The van der Waals surface area contributed by atoms with Crippen LogP contribution in [0.15, 0.2) is 0 Å². The van der Waals surface area contributed by atoms with E-state index in [9.17, 15) is 0 Å². The minimum absolute atomic E-state index is 0.726. The van der Waals surface area contributed by atoms with Gasteiger partial charge >= 0.3 is 0 Å². The van der Waals surface area contributed by atoms with Crippen LogP contribution in [-0.2, 0) is 0 Å². The van der Waals surface area contributed by atoms with Crippen LogP contribution in [0.5, 0.6) is 0 Å². The highest BCUT2D eigenvalue weighted by atomic mass is 15.3. The van der Waals surface area contributed by atoms with Gasteiger partial charge in [0, 0.05) is 38.3 Å². The lowest BCUT2D eigenvalue weighted by atomic mass is 9.93. The zero-order valence-electron chi connectivity index (χ0n) is 13.2. The number of nitrogens with one attached hydrogen (secondary N) is 1. The lowest BCUT2D eigenvalue weighted by Crippen LogP contribution is -2.53. The first-order valence-corrected chi connectivity index (χ1v) is 8.36. The Labute approximate surface area is 119 Å². The van der Waals surface area contributed by atoms with Crippen LogP contribution in [-0.4, -0.2) is 61.7 Å². The quantitative estimate of drug-likeness (QED) is 0.788. The fourth-order valence-electron chi connectivity index (χ4n) is 3.88. The van der Waals surface area contributed by atoms with E-state index in [-0.39, 0.29) is 0 Å². The van der Waals surface area contributed by atoms with Crippen molar-refractivity contribution in [3.63, 3.8) is 0 Å². The molecule has 0 radical (unpaired) electrons. The lowest BCUT2D eigenvalue weighted by molar-refractivity contribution is 0.0761. The molecule has 1 aliphatic heterocycles. The van der Waals surface area contributed by atoms with Crippen molar-refractivity contribution in [3.8, 4) is 0 Å². The largest absolute Gasteiger partial charge is 0.314 e. The molecule has 3 atom stereocenters. The second kappa shape index (κ2) is 7.61. The number of likely N-dealkylation sites (N-methyl/N-ethyl adjacent to an activating group) is 1. The number of rotatable bonds is 4. The van der Waals surface area contributed by atoms with Crippen molar-refractivity contribution < 1.29 is 0 Å². The van der Waals surface area contributed by atoms with Gasteiger partial charge in [0.15, 0.2) is 0 Å². The van der Waals surface area contributed by atoms with Crippen molar-refractivity contribution in [2.45, 2.75) is 58.0 Å². The Bertz CT molecular complexity index is 256. The van der Waals surface area contributed by atoms with Gasteiger partial charge in [-0.1, -0.05) is 26.2 Å². The predicted molar refractivity (Wildman–Crippen MR) is 82.6 cm³/mol. The van der Waals surface area contributed by atoms with Gasteiger partial charge in [0.2, 0.25) is 0 Å². The van der Waals surface area contributed by atoms with E-state index in [2.05, 4.69) is 36.0 Å². The molecular weight excluding hydrogens is 234 g/mol. The smallest absolute Gasteiger partial charge is 0.0195 e. The molecule has 0 bridgehead atoms. The van der Waals surface area contributed by atoms with Crippen molar-refractivity contribution in [2.75, 3.05) is 39.8 Å². The number of hydrogen-bond donors (Lipinski definition) is 1. The van der Waals surface area contributed by atoms with E-state index in [0.29, 0.717) is 0 Å². The number of piperazine rings is 1. The summed E-state index contributed by atoms with van der Waals surface area (Å²) < 4.78 is 0. The number of nitrogens with zero attached hydrogens (tertiary/aromatic N) is 2. The van der Waals surface area contributed by atoms with Gasteiger partial charge in [0.25, 0.3) is 0 Å². The van der Waals surface area contributed by atoms with E-state index in [1.54, 1.807) is 0 Å². The molecule has 0 amide bonds. The highest BCUT2D eigenvalue weighted by molar-refractivity contribution is 4.85. The van der Waals surface area contributed by atoms with Crippen LogP contribution in [0.25, 0.3) is 0 Å². The summed E-state index contributed by atoms with van der Waals surface area (Å²) >= 11 is 0. The van der Waals surface area contributed by atoms with Gasteiger partial charge < -0.3 is 10.2 Å². The monoisotopic (exact) mass is 267 g/mol. The Morgan fingerprint density at radius 2 is 1.89 bits per heavy atom. The van der Waals surface area contributed by atoms with Crippen LogP contribution in [0.3, 0.4) is 0 Å². The van der Waals surface area contributed by atoms with Gasteiger partial charge in [0.1, 0.15) is 0 Å². The molecule has 0 spiro atoms. The summed E-state index contributed by atoms with van der Waals surface area (Å²) in [6.45, 7) is 10.8. The minimum Gasteiger partial charge on any atom is -0.314 e. The Hall–Kier alpha value is -0.120. The third kappa shape index (κ3) is 4.44. The maximum atomic E-state index is 3.75. The molecule has 19 heavy (non-hydrogen) atoms. The summed E-state index contributed by atoms with van der Waals surface area (Å²) in [5.41, 5.74) is 0. The zero-order chi connectivity index (χ0) is 13.7. The molecule has 3 nitrogen and oxygen atoms in total. The Morgan fingerprint density at radius 3 is 2.63 bits per heavy atom. The molecule has 1 N–H and O–H groups in total. The maximum Gasteiger partial charge on any atom is 0.0195 e. The van der Waals surface area contributed by atoms with Crippen LogP contribution in [0, 0.1) is 5.92 Å². The van der Waals surface area contributed by atoms with Crippen LogP contribution in [0.2, 0.25) is 0 Å². The van der Waals surface area contributed by atoms with E-state index in [1.165, 1.54) is 58.3 Å². The van der Waals surface area contributed by atoms with Gasteiger partial charge in [-0.25, -0.2) is 0 Å². The lowest BCUT2D eigenvalue weighted by Gasteiger charge is -2.41. The Balaban J connectivity index is 1.90. The summed E-state index contributed by atoms with van der Waals surface area (Å²) in [6.07, 6.45) is 7.12. The minimum atomic E-state index is 0.726. The zero-order valence-corrected chi connectivity index (χ0v) is 13.2. The Kier molecular flexibility index (Phi) is 6.11. The topological polar surface area (TPSA) is 18.5 Å². The van der Waals surface area contributed by atoms with E-state index in [4.69, 9.17) is 0 Å². The molecule has 2 rings (SSSR count). The van der Waals surface area contributed by atoms with Crippen molar-refractivity contribution in [1.82, 2.24) is 15.1 Å². The van der Waals surface area contributed by atoms with Crippen molar-refractivity contribution in [3.05, 3.63) is 0 Å². The molecule has 3 heteroatoms. The molecule has 0 aromatic carbocycles. The van der Waals surface area contributed by atoms with E-state index in [1.807, 2.05) is 0 Å². The molecule has 1 aliphatic carbocycles. The van der Waals surface area contributed by atoms with E-state index >= 15 is 0 Å². The average molecular weight is 267 g/mol. The van der Waals surface area contributed by atoms with Crippen molar-refractivity contribution in [2.24, 2.45) is 5.92 Å². The van der Waals surface area contributed by atoms with Gasteiger partial charge in [-0.2, -0.15) is 0 Å². The fraction of sp³-hybridized carbons (Fsp3) is 1.00. The van der Waals surface area contributed by atoms with Crippen LogP contribution in [0.4, 0.5) is 0 Å². The highest BCUT2D eigenvalue weighted by Gasteiger charge is 2.28. The molecule has 3 unspecified atom stereocenters. The van der Waals surface area contributed by atoms with Crippen molar-refractivity contribution >= 4 is 0 Å². The van der Waals surface area contributed by atoms with Gasteiger partial charge in [-0.3, -0.25) is 4.90 Å². The van der Waals surface area contributed by atoms with Crippen LogP contribution in [0.1, 0.15) is 46.0 Å². The Morgan fingerprint density at radius 1 is 1.11 bits per heavy atom. The third-order valence-electron chi connectivity index (χ3n) is 5.06. The van der Waals surface area contributed by atoms with Crippen molar-refractivity contribution in [1.29, 1.82) is 0 Å².